The van der Waals surface area contributed by atoms with Crippen LogP contribution in [0, 0.1) is 18.7 Å². The Morgan fingerprint density at radius 2 is 1.91 bits per heavy atom. The summed E-state index contributed by atoms with van der Waals surface area (Å²) in [6.07, 6.45) is 0. The molecule has 3 nitrogen and oxygen atoms in total. The summed E-state index contributed by atoms with van der Waals surface area (Å²) in [5.41, 5.74) is 7.73. The number of amides is 1. The highest BCUT2D eigenvalue weighted by molar-refractivity contribution is 5.95. The minimum absolute atomic E-state index is 0.148. The van der Waals surface area contributed by atoms with Gasteiger partial charge in [0.25, 0.3) is 5.91 Å². The van der Waals surface area contributed by atoms with Crippen molar-refractivity contribution in [1.29, 1.82) is 0 Å². The number of rotatable bonds is 3. The number of carbonyl (C=O) groups excluding carboxylic acids is 1. The van der Waals surface area contributed by atoms with Crippen LogP contribution >= 0.6 is 0 Å². The number of nitrogens with two attached hydrogens (primary N) is 1. The van der Waals surface area contributed by atoms with E-state index < -0.39 is 5.82 Å². The van der Waals surface area contributed by atoms with E-state index in [-0.39, 0.29) is 23.3 Å². The first-order valence-corrected chi connectivity index (χ1v) is 7.91. The maximum atomic E-state index is 14.2. The number of nitrogens with zero attached hydrogens (tertiary/aromatic N) is 1. The third-order valence-corrected chi connectivity index (χ3v) is 4.68. The summed E-state index contributed by atoms with van der Waals surface area (Å²) in [6.45, 7) is 3.34. The average molecular weight is 312 g/mol. The lowest BCUT2D eigenvalue weighted by molar-refractivity contribution is 0.0781. The molecule has 0 aliphatic carbocycles. The van der Waals surface area contributed by atoms with E-state index in [9.17, 15) is 9.18 Å². The summed E-state index contributed by atoms with van der Waals surface area (Å²) < 4.78 is 14.2. The van der Waals surface area contributed by atoms with Crippen molar-refractivity contribution in [1.82, 2.24) is 4.90 Å². The van der Waals surface area contributed by atoms with Crippen molar-refractivity contribution >= 4 is 5.91 Å². The lowest BCUT2D eigenvalue weighted by atomic mass is 9.89. The first-order valence-electron chi connectivity index (χ1n) is 7.91. The molecular weight excluding hydrogens is 291 g/mol. The second-order valence-electron chi connectivity index (χ2n) is 6.16. The van der Waals surface area contributed by atoms with Gasteiger partial charge in [0.15, 0.2) is 0 Å². The van der Waals surface area contributed by atoms with Crippen LogP contribution in [0.1, 0.15) is 27.4 Å². The monoisotopic (exact) mass is 312 g/mol. The zero-order valence-electron chi connectivity index (χ0n) is 13.2. The molecule has 1 amide bonds. The maximum absolute atomic E-state index is 14.2. The molecular formula is C19H21FN2O. The van der Waals surface area contributed by atoms with Crippen LogP contribution in [-0.4, -0.2) is 30.4 Å². The Kier molecular flexibility index (Phi) is 4.44. The fourth-order valence-electron chi connectivity index (χ4n) is 3.34. The molecule has 2 N–H and O–H groups in total. The molecule has 1 saturated heterocycles. The van der Waals surface area contributed by atoms with Crippen molar-refractivity contribution in [3.8, 4) is 0 Å². The Morgan fingerprint density at radius 1 is 1.17 bits per heavy atom. The fourth-order valence-corrected chi connectivity index (χ4v) is 3.34. The number of aryl methyl sites for hydroxylation is 1. The van der Waals surface area contributed by atoms with Crippen molar-refractivity contribution < 1.29 is 9.18 Å². The minimum Gasteiger partial charge on any atom is -0.338 e. The van der Waals surface area contributed by atoms with E-state index >= 15 is 0 Å². The van der Waals surface area contributed by atoms with Gasteiger partial charge in [0.2, 0.25) is 0 Å². The highest BCUT2D eigenvalue weighted by atomic mass is 19.1. The van der Waals surface area contributed by atoms with E-state index in [1.807, 2.05) is 18.2 Å². The van der Waals surface area contributed by atoms with Crippen LogP contribution in [-0.2, 0) is 0 Å². The van der Waals surface area contributed by atoms with Crippen molar-refractivity contribution in [3.63, 3.8) is 0 Å². The molecule has 23 heavy (non-hydrogen) atoms. The van der Waals surface area contributed by atoms with Gasteiger partial charge >= 0.3 is 0 Å². The highest BCUT2D eigenvalue weighted by Gasteiger charge is 2.36. The zero-order valence-corrected chi connectivity index (χ0v) is 13.2. The SMILES string of the molecule is Cc1cccc(C(=O)N2C[C@@H](CN)[C@H](c3ccccc3)C2)c1F. The Hall–Kier alpha value is -2.20. The normalized spacial score (nSPS) is 20.7. The van der Waals surface area contributed by atoms with Crippen LogP contribution in [0.5, 0.6) is 0 Å². The summed E-state index contributed by atoms with van der Waals surface area (Å²) in [4.78, 5) is 14.4. The molecule has 2 atom stereocenters. The number of hydrogen-bond donors (Lipinski definition) is 1. The second-order valence-corrected chi connectivity index (χ2v) is 6.16. The molecule has 2 aromatic carbocycles. The number of carbonyl (C=O) groups is 1. The molecule has 2 aromatic rings. The van der Waals surface area contributed by atoms with E-state index in [2.05, 4.69) is 12.1 Å². The van der Waals surface area contributed by atoms with Gasteiger partial charge in [0.1, 0.15) is 5.82 Å². The first-order chi connectivity index (χ1) is 11.1. The molecule has 120 valence electrons. The molecule has 0 unspecified atom stereocenters. The molecule has 4 heteroatoms. The van der Waals surface area contributed by atoms with Crippen LogP contribution in [0.25, 0.3) is 0 Å². The second kappa shape index (κ2) is 6.50. The van der Waals surface area contributed by atoms with Gasteiger partial charge < -0.3 is 10.6 Å². The topological polar surface area (TPSA) is 46.3 Å². The lowest BCUT2D eigenvalue weighted by Gasteiger charge is -2.17. The molecule has 3 rings (SSSR count). The van der Waals surface area contributed by atoms with Crippen molar-refractivity contribution in [3.05, 3.63) is 71.0 Å². The quantitative estimate of drug-likeness (QED) is 0.947. The standard InChI is InChI=1S/C19H21FN2O/c1-13-6-5-9-16(18(13)20)19(23)22-11-15(10-21)17(12-22)14-7-3-2-4-8-14/h2-9,15,17H,10-12,21H2,1H3/t15-,17+/m1/s1. The van der Waals surface area contributed by atoms with Gasteiger partial charge in [-0.25, -0.2) is 4.39 Å². The Morgan fingerprint density at radius 3 is 2.61 bits per heavy atom. The minimum atomic E-state index is -0.426. The highest BCUT2D eigenvalue weighted by Crippen LogP contribution is 2.33. The van der Waals surface area contributed by atoms with Gasteiger partial charge in [-0.3, -0.25) is 4.79 Å². The summed E-state index contributed by atoms with van der Waals surface area (Å²) in [6, 6.07) is 15.0. The van der Waals surface area contributed by atoms with E-state index in [1.54, 1.807) is 30.0 Å². The predicted molar refractivity (Wildman–Crippen MR) is 88.8 cm³/mol. The van der Waals surface area contributed by atoms with E-state index in [0.717, 1.165) is 0 Å². The van der Waals surface area contributed by atoms with Crippen LogP contribution in [0.15, 0.2) is 48.5 Å². The zero-order chi connectivity index (χ0) is 16.4. The van der Waals surface area contributed by atoms with Crippen LogP contribution in [0.4, 0.5) is 4.39 Å². The Labute approximate surface area is 135 Å². The van der Waals surface area contributed by atoms with Gasteiger partial charge in [-0.2, -0.15) is 0 Å². The molecule has 1 heterocycles. The fraction of sp³-hybridized carbons (Fsp3) is 0.316. The van der Waals surface area contributed by atoms with Crippen LogP contribution in [0.2, 0.25) is 0 Å². The average Bonchev–Trinajstić information content (AvgIpc) is 3.02. The molecule has 1 aliphatic rings. The Bertz CT molecular complexity index is 702. The van der Waals surface area contributed by atoms with Crippen LogP contribution in [0.3, 0.4) is 0 Å². The molecule has 1 fully saturated rings. The summed E-state index contributed by atoms with van der Waals surface area (Å²) in [5.74, 6) is -0.264. The van der Waals surface area contributed by atoms with Crippen LogP contribution < -0.4 is 5.73 Å². The number of likely N-dealkylation sites (tertiary alicyclic amines) is 1. The van der Waals surface area contributed by atoms with Gasteiger partial charge in [0.05, 0.1) is 5.56 Å². The van der Waals surface area contributed by atoms with E-state index in [0.29, 0.717) is 25.2 Å². The molecule has 0 bridgehead atoms. The summed E-state index contributed by atoms with van der Waals surface area (Å²) >= 11 is 0. The summed E-state index contributed by atoms with van der Waals surface area (Å²) in [7, 11) is 0. The van der Waals surface area contributed by atoms with E-state index in [4.69, 9.17) is 5.73 Å². The molecule has 0 spiro atoms. The van der Waals surface area contributed by atoms with E-state index in [1.165, 1.54) is 5.56 Å². The van der Waals surface area contributed by atoms with Gasteiger partial charge in [-0.05, 0) is 36.6 Å². The van der Waals surface area contributed by atoms with Gasteiger partial charge in [-0.15, -0.1) is 0 Å². The maximum Gasteiger partial charge on any atom is 0.256 e. The number of halogens is 1. The van der Waals surface area contributed by atoms with Crippen molar-refractivity contribution in [2.24, 2.45) is 11.7 Å². The molecule has 0 aromatic heterocycles. The molecule has 0 saturated carbocycles. The third kappa shape index (κ3) is 2.99. The van der Waals surface area contributed by atoms with Crippen molar-refractivity contribution in [2.45, 2.75) is 12.8 Å². The summed E-state index contributed by atoms with van der Waals surface area (Å²) in [5, 5.41) is 0. The molecule has 0 radical (unpaired) electrons. The predicted octanol–water partition coefficient (Wildman–Crippen LogP) is 2.95. The lowest BCUT2D eigenvalue weighted by Crippen LogP contribution is -2.30. The Balaban J connectivity index is 1.85. The number of hydrogen-bond acceptors (Lipinski definition) is 2. The first kappa shape index (κ1) is 15.7. The molecule has 1 aliphatic heterocycles. The van der Waals surface area contributed by atoms with Crippen molar-refractivity contribution in [2.75, 3.05) is 19.6 Å². The third-order valence-electron chi connectivity index (χ3n) is 4.68. The number of benzene rings is 2. The largest absolute Gasteiger partial charge is 0.338 e. The van der Waals surface area contributed by atoms with Gasteiger partial charge in [0, 0.05) is 19.0 Å². The van der Waals surface area contributed by atoms with Gasteiger partial charge in [-0.1, -0.05) is 42.5 Å². The smallest absolute Gasteiger partial charge is 0.256 e.